The second kappa shape index (κ2) is 6.89. The van der Waals surface area contributed by atoms with Gasteiger partial charge in [-0.2, -0.15) is 0 Å². The maximum absolute atomic E-state index is 12.3. The molecule has 1 fully saturated rings. The lowest BCUT2D eigenvalue weighted by Gasteiger charge is -2.22. The Balaban J connectivity index is 2.34. The van der Waals surface area contributed by atoms with E-state index in [2.05, 4.69) is 16.8 Å². The number of anilines is 2. The van der Waals surface area contributed by atoms with Gasteiger partial charge in [0, 0.05) is 33.7 Å². The number of hydrogen-bond acceptors (Lipinski definition) is 6. The third-order valence-electron chi connectivity index (χ3n) is 3.69. The fourth-order valence-electron chi connectivity index (χ4n) is 2.43. The van der Waals surface area contributed by atoms with Crippen LogP contribution in [0.15, 0.2) is 4.90 Å². The van der Waals surface area contributed by atoms with E-state index in [9.17, 15) is 4.79 Å². The molecular formula is C14H24N4OS2. The third-order valence-corrected chi connectivity index (χ3v) is 5.90. The van der Waals surface area contributed by atoms with Gasteiger partial charge in [0.15, 0.2) is 0 Å². The molecule has 1 amide bonds. The molecule has 1 aromatic heterocycles. The van der Waals surface area contributed by atoms with Crippen molar-refractivity contribution in [2.75, 3.05) is 64.2 Å². The minimum Gasteiger partial charge on any atom is -0.396 e. The van der Waals surface area contributed by atoms with E-state index in [1.807, 2.05) is 6.26 Å². The van der Waals surface area contributed by atoms with Crippen LogP contribution in [0.3, 0.4) is 0 Å². The highest BCUT2D eigenvalue weighted by Gasteiger charge is 2.25. The molecule has 0 saturated carbocycles. The molecular weight excluding hydrogens is 304 g/mol. The quantitative estimate of drug-likeness (QED) is 0.859. The molecule has 0 spiro atoms. The predicted octanol–water partition coefficient (Wildman–Crippen LogP) is 1.90. The van der Waals surface area contributed by atoms with Gasteiger partial charge in [0.05, 0.1) is 10.6 Å². The maximum atomic E-state index is 12.3. The van der Waals surface area contributed by atoms with Gasteiger partial charge >= 0.3 is 0 Å². The summed E-state index contributed by atoms with van der Waals surface area (Å²) in [5, 5.41) is 1.15. The molecule has 0 atom stereocenters. The molecule has 0 bridgehead atoms. The van der Waals surface area contributed by atoms with Crippen LogP contribution < -0.4 is 10.6 Å². The average Bonchev–Trinajstić information content (AvgIpc) is 2.62. The van der Waals surface area contributed by atoms with Crippen molar-refractivity contribution < 1.29 is 4.79 Å². The van der Waals surface area contributed by atoms with Crippen molar-refractivity contribution in [1.29, 1.82) is 0 Å². The van der Waals surface area contributed by atoms with Gasteiger partial charge in [-0.15, -0.1) is 23.1 Å². The Hall–Kier alpha value is -0.920. The molecule has 5 nitrogen and oxygen atoms in total. The van der Waals surface area contributed by atoms with E-state index in [1.54, 1.807) is 30.8 Å². The van der Waals surface area contributed by atoms with Crippen LogP contribution in [-0.2, 0) is 0 Å². The number of thiophene rings is 1. The Bertz CT molecular complexity index is 515. The molecule has 0 radical (unpaired) electrons. The van der Waals surface area contributed by atoms with E-state index in [0.29, 0.717) is 10.6 Å². The summed E-state index contributed by atoms with van der Waals surface area (Å²) in [6.45, 7) is 4.17. The summed E-state index contributed by atoms with van der Waals surface area (Å²) in [5.41, 5.74) is 6.87. The first-order valence-corrected chi connectivity index (χ1v) is 9.11. The Kier molecular flexibility index (Phi) is 5.40. The van der Waals surface area contributed by atoms with Gasteiger partial charge in [-0.3, -0.25) is 4.79 Å². The number of carbonyl (C=O) groups excluding carboxylic acids is 1. The molecule has 0 aliphatic carbocycles. The van der Waals surface area contributed by atoms with Crippen LogP contribution in [0.25, 0.3) is 0 Å². The number of nitrogens with zero attached hydrogens (tertiary/aromatic N) is 3. The van der Waals surface area contributed by atoms with Gasteiger partial charge in [0.2, 0.25) is 0 Å². The van der Waals surface area contributed by atoms with Gasteiger partial charge in [-0.25, -0.2) is 0 Å². The minimum absolute atomic E-state index is 0.00834. The lowest BCUT2D eigenvalue weighted by atomic mass is 10.3. The second-order valence-electron chi connectivity index (χ2n) is 5.53. The average molecular weight is 329 g/mol. The molecule has 1 aliphatic rings. The largest absolute Gasteiger partial charge is 0.396 e. The van der Waals surface area contributed by atoms with Crippen molar-refractivity contribution in [2.45, 2.75) is 11.3 Å². The van der Waals surface area contributed by atoms with Crippen molar-refractivity contribution in [3.05, 3.63) is 4.88 Å². The van der Waals surface area contributed by atoms with E-state index in [0.717, 1.165) is 42.5 Å². The van der Waals surface area contributed by atoms with E-state index in [1.165, 1.54) is 11.3 Å². The predicted molar refractivity (Wildman–Crippen MR) is 92.9 cm³/mol. The van der Waals surface area contributed by atoms with E-state index in [4.69, 9.17) is 5.73 Å². The summed E-state index contributed by atoms with van der Waals surface area (Å²) in [7, 11) is 5.68. The highest BCUT2D eigenvalue weighted by atomic mass is 32.2. The molecule has 21 heavy (non-hydrogen) atoms. The molecule has 0 unspecified atom stereocenters. The molecule has 1 aromatic rings. The van der Waals surface area contributed by atoms with E-state index < -0.39 is 0 Å². The number of carbonyl (C=O) groups is 1. The Morgan fingerprint density at radius 1 is 1.29 bits per heavy atom. The van der Waals surface area contributed by atoms with Crippen molar-refractivity contribution >= 4 is 39.7 Å². The Morgan fingerprint density at radius 2 is 2.00 bits per heavy atom. The Labute approximate surface area is 135 Å². The fraction of sp³-hybridized carbons (Fsp3) is 0.643. The van der Waals surface area contributed by atoms with Crippen LogP contribution in [0.2, 0.25) is 0 Å². The zero-order valence-electron chi connectivity index (χ0n) is 13.2. The molecule has 1 saturated heterocycles. The topological polar surface area (TPSA) is 52.8 Å². The zero-order chi connectivity index (χ0) is 15.6. The summed E-state index contributed by atoms with van der Waals surface area (Å²) in [4.78, 5) is 20.3. The summed E-state index contributed by atoms with van der Waals surface area (Å²) in [5.74, 6) is -0.00834. The Morgan fingerprint density at radius 3 is 2.62 bits per heavy atom. The van der Waals surface area contributed by atoms with Gasteiger partial charge in [-0.05, 0) is 26.3 Å². The number of rotatable bonds is 3. The van der Waals surface area contributed by atoms with Crippen LogP contribution in [0.4, 0.5) is 10.7 Å². The van der Waals surface area contributed by atoms with E-state index in [-0.39, 0.29) is 5.91 Å². The smallest absolute Gasteiger partial charge is 0.265 e. The highest BCUT2D eigenvalue weighted by molar-refractivity contribution is 7.99. The van der Waals surface area contributed by atoms with Gasteiger partial charge in [0.25, 0.3) is 5.91 Å². The summed E-state index contributed by atoms with van der Waals surface area (Å²) >= 11 is 3.17. The minimum atomic E-state index is -0.00834. The molecule has 118 valence electrons. The number of nitrogen functional groups attached to an aromatic ring is 1. The van der Waals surface area contributed by atoms with Crippen LogP contribution in [-0.4, -0.2) is 69.3 Å². The lowest BCUT2D eigenvalue weighted by Crippen LogP contribution is -2.28. The van der Waals surface area contributed by atoms with Crippen molar-refractivity contribution in [2.24, 2.45) is 0 Å². The van der Waals surface area contributed by atoms with Crippen LogP contribution in [0, 0.1) is 0 Å². The fourth-order valence-corrected chi connectivity index (χ4v) is 4.69. The number of nitrogens with two attached hydrogens (primary N) is 1. The standard InChI is InChI=1S/C14H24N4OS2/c1-16(2)13(19)11-10(15)12(20-4)14(21-11)18-7-5-6-17(3)8-9-18/h5-9,15H2,1-4H3. The highest BCUT2D eigenvalue weighted by Crippen LogP contribution is 2.44. The normalized spacial score (nSPS) is 16.9. The maximum Gasteiger partial charge on any atom is 0.265 e. The molecule has 1 aliphatic heterocycles. The third kappa shape index (κ3) is 3.46. The monoisotopic (exact) mass is 328 g/mol. The van der Waals surface area contributed by atoms with Crippen LogP contribution in [0.5, 0.6) is 0 Å². The van der Waals surface area contributed by atoms with Crippen LogP contribution >= 0.6 is 23.1 Å². The van der Waals surface area contributed by atoms with Gasteiger partial charge in [-0.1, -0.05) is 0 Å². The van der Waals surface area contributed by atoms with Gasteiger partial charge in [0.1, 0.15) is 9.88 Å². The molecule has 2 rings (SSSR count). The van der Waals surface area contributed by atoms with Gasteiger partial charge < -0.3 is 20.4 Å². The van der Waals surface area contributed by atoms with Crippen molar-refractivity contribution in [1.82, 2.24) is 9.80 Å². The molecule has 2 N–H and O–H groups in total. The summed E-state index contributed by atoms with van der Waals surface area (Å²) < 4.78 is 0. The lowest BCUT2D eigenvalue weighted by molar-refractivity contribution is 0.0833. The van der Waals surface area contributed by atoms with Crippen molar-refractivity contribution in [3.8, 4) is 0 Å². The number of thioether (sulfide) groups is 1. The molecule has 0 aromatic carbocycles. The first-order valence-electron chi connectivity index (χ1n) is 7.07. The summed E-state index contributed by atoms with van der Waals surface area (Å²) in [6.07, 6.45) is 3.16. The zero-order valence-corrected chi connectivity index (χ0v) is 14.8. The molecule has 7 heteroatoms. The summed E-state index contributed by atoms with van der Waals surface area (Å²) in [6, 6.07) is 0. The first kappa shape index (κ1) is 16.5. The number of hydrogen-bond donors (Lipinski definition) is 1. The van der Waals surface area contributed by atoms with Crippen molar-refractivity contribution in [3.63, 3.8) is 0 Å². The number of amides is 1. The van der Waals surface area contributed by atoms with Crippen LogP contribution in [0.1, 0.15) is 16.1 Å². The SMILES string of the molecule is CSc1c(N2CCCN(C)CC2)sc(C(=O)N(C)C)c1N. The first-order chi connectivity index (χ1) is 9.95. The second-order valence-corrected chi connectivity index (χ2v) is 7.34. The number of likely N-dealkylation sites (N-methyl/N-ethyl adjacent to an activating group) is 1. The van der Waals surface area contributed by atoms with E-state index >= 15 is 0 Å². The molecule has 2 heterocycles.